The van der Waals surface area contributed by atoms with E-state index < -0.39 is 0 Å². The average molecular weight is 488 g/mol. The monoisotopic (exact) mass is 487 g/mol. The Labute approximate surface area is 208 Å². The van der Waals surface area contributed by atoms with Crippen LogP contribution in [0.4, 0.5) is 10.5 Å². The number of methoxy groups -OCH3 is 1. The molecule has 1 aliphatic rings. The van der Waals surface area contributed by atoms with E-state index in [1.807, 2.05) is 60.7 Å². The molecule has 36 heavy (non-hydrogen) atoms. The van der Waals surface area contributed by atoms with Crippen molar-refractivity contribution in [3.8, 4) is 34.5 Å². The van der Waals surface area contributed by atoms with Gasteiger partial charge in [0.05, 0.1) is 12.8 Å². The molecule has 0 fully saturated rings. The minimum absolute atomic E-state index is 0.220. The lowest BCUT2D eigenvalue weighted by Gasteiger charge is -2.10. The molecule has 0 bridgehead atoms. The minimum Gasteiger partial charge on any atom is -0.497 e. The molecule has 0 spiro atoms. The molecule has 9 nitrogen and oxygen atoms in total. The second-order valence-corrected chi connectivity index (χ2v) is 8.01. The predicted molar refractivity (Wildman–Crippen MR) is 133 cm³/mol. The van der Waals surface area contributed by atoms with Crippen LogP contribution in [0.2, 0.25) is 0 Å². The zero-order valence-corrected chi connectivity index (χ0v) is 19.7. The molecule has 2 heterocycles. The van der Waals surface area contributed by atoms with Crippen molar-refractivity contribution in [3.63, 3.8) is 0 Å². The summed E-state index contributed by atoms with van der Waals surface area (Å²) in [5, 5.41) is 5.68. The van der Waals surface area contributed by atoms with E-state index in [0.29, 0.717) is 48.4 Å². The first kappa shape index (κ1) is 23.1. The molecule has 9 heteroatoms. The number of ether oxygens (including phenoxy) is 4. The molecule has 0 saturated heterocycles. The highest BCUT2D eigenvalue weighted by atomic mass is 16.7. The molecule has 184 valence electrons. The van der Waals surface area contributed by atoms with Gasteiger partial charge in [-0.1, -0.05) is 12.1 Å². The van der Waals surface area contributed by atoms with Crippen molar-refractivity contribution in [2.75, 3.05) is 25.8 Å². The maximum Gasteiger partial charge on any atom is 0.319 e. The van der Waals surface area contributed by atoms with Crippen LogP contribution in [0, 0.1) is 0 Å². The van der Waals surface area contributed by atoms with Gasteiger partial charge in [0.15, 0.2) is 11.5 Å². The number of hydrogen-bond acceptors (Lipinski definition) is 7. The molecular formula is C27H25N3O6. The van der Waals surface area contributed by atoms with Crippen LogP contribution in [0.3, 0.4) is 0 Å². The number of carbonyl (C=O) groups is 1. The van der Waals surface area contributed by atoms with E-state index in [0.717, 1.165) is 22.6 Å². The highest BCUT2D eigenvalue weighted by Gasteiger charge is 2.14. The van der Waals surface area contributed by atoms with Gasteiger partial charge in [-0.15, -0.1) is 0 Å². The number of fused-ring (bicyclic) bond motifs is 1. The summed E-state index contributed by atoms with van der Waals surface area (Å²) in [5.74, 6) is 3.35. The summed E-state index contributed by atoms with van der Waals surface area (Å²) in [4.78, 5) is 16.8. The maximum atomic E-state index is 12.4. The second kappa shape index (κ2) is 10.7. The van der Waals surface area contributed by atoms with E-state index in [1.165, 1.54) is 0 Å². The van der Waals surface area contributed by atoms with Gasteiger partial charge in [0.1, 0.15) is 24.4 Å². The Bertz CT molecular complexity index is 1340. The summed E-state index contributed by atoms with van der Waals surface area (Å²) in [7, 11) is 1.62. The molecule has 1 aliphatic heterocycles. The lowest BCUT2D eigenvalue weighted by molar-refractivity contribution is 0.173. The van der Waals surface area contributed by atoms with Gasteiger partial charge < -0.3 is 34.0 Å². The first-order valence-electron chi connectivity index (χ1n) is 11.4. The number of carbonyl (C=O) groups excluding carboxylic acids is 1. The van der Waals surface area contributed by atoms with E-state index in [2.05, 4.69) is 15.6 Å². The van der Waals surface area contributed by atoms with Crippen LogP contribution in [0.5, 0.6) is 23.0 Å². The molecule has 0 unspecified atom stereocenters. The number of nitrogens with one attached hydrogen (secondary N) is 2. The molecule has 2 N–H and O–H groups in total. The smallest absolute Gasteiger partial charge is 0.319 e. The van der Waals surface area contributed by atoms with Crippen LogP contribution in [0.1, 0.15) is 11.3 Å². The first-order chi connectivity index (χ1) is 17.7. The third kappa shape index (κ3) is 5.69. The summed E-state index contributed by atoms with van der Waals surface area (Å²) in [5.41, 5.74) is 3.19. The summed E-state index contributed by atoms with van der Waals surface area (Å²) < 4.78 is 27.3. The molecule has 0 saturated carbocycles. The number of nitrogens with zero attached hydrogens (tertiary/aromatic N) is 1. The molecule has 4 aromatic rings. The standard InChI is InChI=1S/C27H25N3O6/c1-32-22-7-5-19(6-8-22)26-29-21(16-34-26)11-12-28-27(31)30-20-4-2-3-18(13-20)15-33-23-9-10-24-25(14-23)36-17-35-24/h2-10,13-14,16H,11-12,15,17H2,1H3,(H2,28,30,31). The quantitative estimate of drug-likeness (QED) is 0.342. The zero-order chi connectivity index (χ0) is 24.7. The van der Waals surface area contributed by atoms with Gasteiger partial charge in [-0.3, -0.25) is 0 Å². The first-order valence-corrected chi connectivity index (χ1v) is 11.4. The normalized spacial score (nSPS) is 11.7. The fraction of sp³-hybridized carbons (Fsp3) is 0.185. The highest BCUT2D eigenvalue weighted by Crippen LogP contribution is 2.35. The number of rotatable bonds is 9. The zero-order valence-electron chi connectivity index (χ0n) is 19.7. The Balaban J connectivity index is 1.08. The summed E-state index contributed by atoms with van der Waals surface area (Å²) >= 11 is 0. The van der Waals surface area contributed by atoms with E-state index in [4.69, 9.17) is 23.4 Å². The summed E-state index contributed by atoms with van der Waals surface area (Å²) in [6.45, 7) is 0.977. The number of anilines is 1. The van der Waals surface area contributed by atoms with Gasteiger partial charge in [-0.2, -0.15) is 0 Å². The van der Waals surface area contributed by atoms with Crippen molar-refractivity contribution in [3.05, 3.63) is 84.3 Å². The fourth-order valence-corrected chi connectivity index (χ4v) is 3.64. The Kier molecular flexibility index (Phi) is 6.88. The van der Waals surface area contributed by atoms with Gasteiger partial charge >= 0.3 is 6.03 Å². The number of benzene rings is 3. The molecule has 0 radical (unpaired) electrons. The predicted octanol–water partition coefficient (Wildman–Crippen LogP) is 5.02. The van der Waals surface area contributed by atoms with Gasteiger partial charge in [0.2, 0.25) is 12.7 Å². The number of aromatic nitrogens is 1. The third-order valence-corrected chi connectivity index (χ3v) is 5.49. The molecule has 5 rings (SSSR count). The van der Waals surface area contributed by atoms with Crippen LogP contribution >= 0.6 is 0 Å². The van der Waals surface area contributed by atoms with E-state index >= 15 is 0 Å². The van der Waals surface area contributed by atoms with Crippen LogP contribution < -0.4 is 29.6 Å². The van der Waals surface area contributed by atoms with Gasteiger partial charge in [0.25, 0.3) is 0 Å². The number of oxazole rings is 1. The van der Waals surface area contributed by atoms with Crippen molar-refractivity contribution < 1.29 is 28.2 Å². The van der Waals surface area contributed by atoms with Crippen molar-refractivity contribution in [1.82, 2.24) is 10.3 Å². The van der Waals surface area contributed by atoms with Crippen LogP contribution in [0.25, 0.3) is 11.5 Å². The van der Waals surface area contributed by atoms with Gasteiger partial charge in [0, 0.05) is 30.3 Å². The van der Waals surface area contributed by atoms with Crippen molar-refractivity contribution >= 4 is 11.7 Å². The van der Waals surface area contributed by atoms with Gasteiger partial charge in [-0.05, 0) is 54.1 Å². The lowest BCUT2D eigenvalue weighted by atomic mass is 10.2. The largest absolute Gasteiger partial charge is 0.497 e. The van der Waals surface area contributed by atoms with Crippen LogP contribution in [-0.2, 0) is 13.0 Å². The molecule has 1 aromatic heterocycles. The molecule has 2 amide bonds. The van der Waals surface area contributed by atoms with E-state index in [-0.39, 0.29) is 12.8 Å². The Hall–Kier alpha value is -4.66. The SMILES string of the molecule is COc1ccc(-c2nc(CCNC(=O)Nc3cccc(COc4ccc5c(c4)OCO5)c3)co2)cc1. The molecular weight excluding hydrogens is 462 g/mol. The number of urea groups is 1. The Morgan fingerprint density at radius 1 is 1.00 bits per heavy atom. The second-order valence-electron chi connectivity index (χ2n) is 8.01. The Morgan fingerprint density at radius 3 is 2.69 bits per heavy atom. The maximum absolute atomic E-state index is 12.4. The number of amides is 2. The van der Waals surface area contributed by atoms with E-state index in [1.54, 1.807) is 19.4 Å². The third-order valence-electron chi connectivity index (χ3n) is 5.49. The molecule has 3 aromatic carbocycles. The lowest BCUT2D eigenvalue weighted by Crippen LogP contribution is -2.30. The Morgan fingerprint density at radius 2 is 1.83 bits per heavy atom. The topological polar surface area (TPSA) is 104 Å². The summed E-state index contributed by atoms with van der Waals surface area (Å²) in [6, 6.07) is 20.1. The van der Waals surface area contributed by atoms with Crippen molar-refractivity contribution in [1.29, 1.82) is 0 Å². The van der Waals surface area contributed by atoms with Gasteiger partial charge in [-0.25, -0.2) is 9.78 Å². The van der Waals surface area contributed by atoms with Crippen molar-refractivity contribution in [2.24, 2.45) is 0 Å². The van der Waals surface area contributed by atoms with Crippen LogP contribution in [-0.4, -0.2) is 31.5 Å². The molecule has 0 aliphatic carbocycles. The van der Waals surface area contributed by atoms with Crippen LogP contribution in [0.15, 0.2) is 77.4 Å². The van der Waals surface area contributed by atoms with Crippen molar-refractivity contribution in [2.45, 2.75) is 13.0 Å². The molecule has 0 atom stereocenters. The average Bonchev–Trinajstić information content (AvgIpc) is 3.57. The van der Waals surface area contributed by atoms with E-state index in [9.17, 15) is 4.79 Å². The highest BCUT2D eigenvalue weighted by molar-refractivity contribution is 5.89. The fourth-order valence-electron chi connectivity index (χ4n) is 3.64. The summed E-state index contributed by atoms with van der Waals surface area (Å²) in [6.07, 6.45) is 2.14. The minimum atomic E-state index is -0.303. The number of hydrogen-bond donors (Lipinski definition) is 2.